The third-order valence-electron chi connectivity index (χ3n) is 4.27. The molecule has 3 N–H and O–H groups in total. The zero-order valence-corrected chi connectivity index (χ0v) is 14.4. The number of hydrogen-bond donors (Lipinski definition) is 3. The quantitative estimate of drug-likeness (QED) is 0.637. The molecule has 0 saturated carbocycles. The maximum atomic E-state index is 13.2. The van der Waals surface area contributed by atoms with Crippen LogP contribution in [0.3, 0.4) is 0 Å². The summed E-state index contributed by atoms with van der Waals surface area (Å²) in [6.45, 7) is -0.0337. The minimum absolute atomic E-state index is 0.0337. The predicted octanol–water partition coefficient (Wildman–Crippen LogP) is 2.77. The first-order chi connectivity index (χ1) is 12.6. The molecule has 3 rings (SSSR count). The van der Waals surface area contributed by atoms with Crippen molar-refractivity contribution in [3.8, 4) is 11.3 Å². The van der Waals surface area contributed by atoms with Crippen molar-refractivity contribution in [2.24, 2.45) is 0 Å². The molecule has 0 radical (unpaired) electrons. The number of hydrogen-bond acceptors (Lipinski definition) is 2. The summed E-state index contributed by atoms with van der Waals surface area (Å²) in [6, 6.07) is 14.1. The first-order valence-corrected chi connectivity index (χ1v) is 8.41. The number of likely N-dealkylation sites (N-methyl/N-ethyl adjacent to an activating group) is 1. The fourth-order valence-electron chi connectivity index (χ4n) is 2.92. The Hall–Kier alpha value is -3.15. The van der Waals surface area contributed by atoms with Crippen LogP contribution in [0.2, 0.25) is 0 Å². The van der Waals surface area contributed by atoms with E-state index in [-0.39, 0.29) is 30.6 Å². The van der Waals surface area contributed by atoms with Crippen molar-refractivity contribution in [3.63, 3.8) is 0 Å². The van der Waals surface area contributed by atoms with Gasteiger partial charge in [0.2, 0.25) is 11.8 Å². The second-order valence-corrected chi connectivity index (χ2v) is 5.98. The number of carbonyl (C=O) groups is 2. The number of fused-ring (bicyclic) bond motifs is 1. The van der Waals surface area contributed by atoms with Gasteiger partial charge in [-0.2, -0.15) is 0 Å². The molecule has 0 spiro atoms. The molecule has 2 aromatic carbocycles. The lowest BCUT2D eigenvalue weighted by atomic mass is 10.0. The van der Waals surface area contributed by atoms with Gasteiger partial charge in [-0.1, -0.05) is 18.2 Å². The SMILES string of the molecule is CNC(=O)CNC(=O)CCc1c(-c2ccc(F)cc2)[nH]c2ccccc12. The average Bonchev–Trinajstić information content (AvgIpc) is 3.03. The van der Waals surface area contributed by atoms with Crippen molar-refractivity contribution < 1.29 is 14.0 Å². The average molecular weight is 353 g/mol. The number of aryl methyl sites for hydroxylation is 1. The van der Waals surface area contributed by atoms with Gasteiger partial charge in [-0.05, 0) is 47.9 Å². The van der Waals surface area contributed by atoms with E-state index < -0.39 is 0 Å². The molecule has 0 aliphatic rings. The fraction of sp³-hybridized carbons (Fsp3) is 0.200. The Morgan fingerprint density at radius 2 is 1.77 bits per heavy atom. The zero-order chi connectivity index (χ0) is 18.5. The van der Waals surface area contributed by atoms with Crippen molar-refractivity contribution in [1.29, 1.82) is 0 Å². The highest BCUT2D eigenvalue weighted by molar-refractivity contribution is 5.91. The maximum Gasteiger partial charge on any atom is 0.239 e. The molecule has 0 aliphatic carbocycles. The number of aromatic amines is 1. The van der Waals surface area contributed by atoms with Crippen LogP contribution in [-0.4, -0.2) is 30.4 Å². The van der Waals surface area contributed by atoms with Crippen molar-refractivity contribution in [2.75, 3.05) is 13.6 Å². The third kappa shape index (κ3) is 3.91. The van der Waals surface area contributed by atoms with Gasteiger partial charge in [0.15, 0.2) is 0 Å². The third-order valence-corrected chi connectivity index (χ3v) is 4.27. The molecule has 0 unspecified atom stereocenters. The van der Waals surface area contributed by atoms with Crippen LogP contribution in [0.5, 0.6) is 0 Å². The molecule has 0 saturated heterocycles. The van der Waals surface area contributed by atoms with Crippen molar-refractivity contribution in [3.05, 3.63) is 59.9 Å². The Morgan fingerprint density at radius 1 is 1.04 bits per heavy atom. The van der Waals surface area contributed by atoms with Crippen LogP contribution in [0.1, 0.15) is 12.0 Å². The highest BCUT2D eigenvalue weighted by Crippen LogP contribution is 2.31. The van der Waals surface area contributed by atoms with Crippen molar-refractivity contribution in [2.45, 2.75) is 12.8 Å². The Bertz CT molecular complexity index is 932. The van der Waals surface area contributed by atoms with E-state index in [0.717, 1.165) is 27.7 Å². The molecule has 26 heavy (non-hydrogen) atoms. The number of H-pyrrole nitrogens is 1. The Kier molecular flexibility index (Phi) is 5.31. The van der Waals surface area contributed by atoms with Gasteiger partial charge in [-0.25, -0.2) is 4.39 Å². The van der Waals surface area contributed by atoms with Crippen molar-refractivity contribution >= 4 is 22.7 Å². The van der Waals surface area contributed by atoms with Crippen molar-refractivity contribution in [1.82, 2.24) is 15.6 Å². The Labute approximate surface area is 150 Å². The number of rotatable bonds is 6. The Balaban J connectivity index is 1.84. The monoisotopic (exact) mass is 353 g/mol. The van der Waals surface area contributed by atoms with E-state index in [1.807, 2.05) is 24.3 Å². The van der Waals surface area contributed by atoms with E-state index in [9.17, 15) is 14.0 Å². The van der Waals surface area contributed by atoms with E-state index >= 15 is 0 Å². The number of amides is 2. The van der Waals surface area contributed by atoms with Crippen LogP contribution in [0.4, 0.5) is 4.39 Å². The number of benzene rings is 2. The standard InChI is InChI=1S/C20H20FN3O2/c1-22-19(26)12-23-18(25)11-10-16-15-4-2-3-5-17(15)24-20(16)13-6-8-14(21)9-7-13/h2-9,24H,10-12H2,1H3,(H,22,26)(H,23,25). The lowest BCUT2D eigenvalue weighted by Crippen LogP contribution is -2.35. The number of nitrogens with one attached hydrogen (secondary N) is 3. The lowest BCUT2D eigenvalue weighted by Gasteiger charge is -2.07. The van der Waals surface area contributed by atoms with E-state index in [4.69, 9.17) is 0 Å². The molecule has 3 aromatic rings. The first kappa shape index (κ1) is 17.7. The van der Waals surface area contributed by atoms with E-state index in [2.05, 4.69) is 15.6 Å². The molecular formula is C20H20FN3O2. The molecule has 5 nitrogen and oxygen atoms in total. The van der Waals surface area contributed by atoms with Crippen LogP contribution < -0.4 is 10.6 Å². The molecule has 0 fully saturated rings. The molecule has 0 bridgehead atoms. The Morgan fingerprint density at radius 3 is 2.50 bits per heavy atom. The van der Waals surface area contributed by atoms with E-state index in [0.29, 0.717) is 6.42 Å². The van der Waals surface area contributed by atoms with E-state index in [1.165, 1.54) is 19.2 Å². The minimum atomic E-state index is -0.292. The highest BCUT2D eigenvalue weighted by atomic mass is 19.1. The number of carbonyl (C=O) groups excluding carboxylic acids is 2. The first-order valence-electron chi connectivity index (χ1n) is 8.41. The van der Waals surface area contributed by atoms with Crippen LogP contribution in [0, 0.1) is 5.82 Å². The number of aromatic nitrogens is 1. The summed E-state index contributed by atoms with van der Waals surface area (Å²) in [7, 11) is 1.52. The summed E-state index contributed by atoms with van der Waals surface area (Å²) in [5.74, 6) is -0.721. The second kappa shape index (κ2) is 7.82. The summed E-state index contributed by atoms with van der Waals surface area (Å²) in [5, 5.41) is 6.09. The van der Waals surface area contributed by atoms with Gasteiger partial charge in [0.05, 0.1) is 6.54 Å². The number of para-hydroxylation sites is 1. The smallest absolute Gasteiger partial charge is 0.239 e. The van der Waals surface area contributed by atoms with Crippen LogP contribution in [0.15, 0.2) is 48.5 Å². The summed E-state index contributed by atoms with van der Waals surface area (Å²) in [5.41, 5.74) is 3.71. The summed E-state index contributed by atoms with van der Waals surface area (Å²) in [4.78, 5) is 26.6. The topological polar surface area (TPSA) is 74.0 Å². The fourth-order valence-corrected chi connectivity index (χ4v) is 2.92. The molecule has 1 heterocycles. The van der Waals surface area contributed by atoms with Gasteiger partial charge in [-0.15, -0.1) is 0 Å². The molecule has 0 aliphatic heterocycles. The predicted molar refractivity (Wildman–Crippen MR) is 99.1 cm³/mol. The molecule has 0 atom stereocenters. The van der Waals surface area contributed by atoms with Crippen LogP contribution in [-0.2, 0) is 16.0 Å². The van der Waals surface area contributed by atoms with Gasteiger partial charge < -0.3 is 15.6 Å². The van der Waals surface area contributed by atoms with Gasteiger partial charge >= 0.3 is 0 Å². The molecule has 6 heteroatoms. The van der Waals surface area contributed by atoms with Gasteiger partial charge in [0.1, 0.15) is 5.82 Å². The van der Waals surface area contributed by atoms with Crippen LogP contribution in [0.25, 0.3) is 22.2 Å². The lowest BCUT2D eigenvalue weighted by molar-refractivity contribution is -0.125. The largest absolute Gasteiger partial charge is 0.358 e. The second-order valence-electron chi connectivity index (χ2n) is 5.98. The summed E-state index contributed by atoms with van der Waals surface area (Å²) < 4.78 is 13.2. The van der Waals surface area contributed by atoms with E-state index in [1.54, 1.807) is 12.1 Å². The van der Waals surface area contributed by atoms with Crippen LogP contribution >= 0.6 is 0 Å². The molecule has 2 amide bonds. The summed E-state index contributed by atoms with van der Waals surface area (Å²) >= 11 is 0. The normalized spacial score (nSPS) is 10.7. The van der Waals surface area contributed by atoms with Gasteiger partial charge in [-0.3, -0.25) is 9.59 Å². The molecule has 1 aromatic heterocycles. The molecular weight excluding hydrogens is 333 g/mol. The zero-order valence-electron chi connectivity index (χ0n) is 14.4. The molecule has 134 valence electrons. The summed E-state index contributed by atoms with van der Waals surface area (Å²) in [6.07, 6.45) is 0.767. The highest BCUT2D eigenvalue weighted by Gasteiger charge is 2.14. The maximum absolute atomic E-state index is 13.2. The van der Waals surface area contributed by atoms with Gasteiger partial charge in [0, 0.05) is 30.1 Å². The number of halogens is 1. The minimum Gasteiger partial charge on any atom is -0.358 e. The van der Waals surface area contributed by atoms with Gasteiger partial charge in [0.25, 0.3) is 0 Å².